The third-order valence-corrected chi connectivity index (χ3v) is 5.75. The van der Waals surface area contributed by atoms with Crippen LogP contribution in [-0.2, 0) is 19.5 Å². The zero-order valence-electron chi connectivity index (χ0n) is 12.0. The number of benzene rings is 1. The predicted octanol–water partition coefficient (Wildman–Crippen LogP) is 1.60. The van der Waals surface area contributed by atoms with Gasteiger partial charge in [0, 0.05) is 18.5 Å². The Hall–Kier alpha value is -1.02. The molecular weight excluding hydrogens is 297 g/mol. The van der Waals surface area contributed by atoms with Crippen LogP contribution in [0.25, 0.3) is 0 Å². The van der Waals surface area contributed by atoms with Crippen LogP contribution in [0.1, 0.15) is 13.8 Å². The van der Waals surface area contributed by atoms with Crippen LogP contribution in [0.5, 0.6) is 0 Å². The van der Waals surface area contributed by atoms with Crippen LogP contribution in [0.2, 0.25) is 0 Å². The van der Waals surface area contributed by atoms with E-state index in [9.17, 15) is 12.8 Å². The second-order valence-corrected chi connectivity index (χ2v) is 8.09. The van der Waals surface area contributed by atoms with Crippen molar-refractivity contribution in [3.8, 4) is 0 Å². The van der Waals surface area contributed by atoms with Crippen molar-refractivity contribution in [3.05, 3.63) is 30.1 Å². The summed E-state index contributed by atoms with van der Waals surface area (Å²) in [4.78, 5) is -0.280. The topological polar surface area (TPSA) is 55.8 Å². The van der Waals surface area contributed by atoms with Gasteiger partial charge in [0.1, 0.15) is 10.7 Å². The minimum absolute atomic E-state index is 0.280. The van der Waals surface area contributed by atoms with E-state index in [4.69, 9.17) is 9.47 Å². The summed E-state index contributed by atoms with van der Waals surface area (Å²) in [6.45, 7) is 5.13. The number of ether oxygens (including phenoxy) is 2. The van der Waals surface area contributed by atoms with Gasteiger partial charge in [0.2, 0.25) is 10.0 Å². The van der Waals surface area contributed by atoms with Crippen molar-refractivity contribution in [2.75, 3.05) is 26.3 Å². The maximum absolute atomic E-state index is 13.7. The van der Waals surface area contributed by atoms with Gasteiger partial charge in [0.15, 0.2) is 5.79 Å². The van der Waals surface area contributed by atoms with E-state index in [1.807, 2.05) is 13.8 Å². The van der Waals surface area contributed by atoms with Crippen LogP contribution in [0.4, 0.5) is 4.39 Å². The van der Waals surface area contributed by atoms with E-state index in [1.165, 1.54) is 22.5 Å². The molecule has 7 heteroatoms. The largest absolute Gasteiger partial charge is 0.350 e. The lowest BCUT2D eigenvalue weighted by Crippen LogP contribution is -2.65. The molecule has 0 aliphatic carbocycles. The predicted molar refractivity (Wildman–Crippen MR) is 73.6 cm³/mol. The maximum atomic E-state index is 13.7. The van der Waals surface area contributed by atoms with Gasteiger partial charge in [-0.3, -0.25) is 0 Å². The van der Waals surface area contributed by atoms with Crippen molar-refractivity contribution in [2.24, 2.45) is 5.41 Å². The molecule has 1 aromatic rings. The number of hydrogen-bond acceptors (Lipinski definition) is 4. The van der Waals surface area contributed by atoms with Crippen molar-refractivity contribution in [3.63, 3.8) is 0 Å². The van der Waals surface area contributed by atoms with Gasteiger partial charge in [-0.05, 0) is 26.0 Å². The Morgan fingerprint density at radius 3 is 2.29 bits per heavy atom. The second-order valence-electron chi connectivity index (χ2n) is 6.18. The molecule has 2 aliphatic heterocycles. The van der Waals surface area contributed by atoms with Crippen LogP contribution in [0.3, 0.4) is 0 Å². The van der Waals surface area contributed by atoms with E-state index in [2.05, 4.69) is 0 Å². The second kappa shape index (κ2) is 4.74. The van der Waals surface area contributed by atoms with Crippen molar-refractivity contribution in [2.45, 2.75) is 24.5 Å². The van der Waals surface area contributed by atoms with Gasteiger partial charge in [0.05, 0.1) is 13.2 Å². The fraction of sp³-hybridized carbons (Fsp3) is 0.571. The first-order valence-electron chi connectivity index (χ1n) is 6.77. The van der Waals surface area contributed by atoms with E-state index in [0.717, 1.165) is 6.07 Å². The van der Waals surface area contributed by atoms with Gasteiger partial charge in [-0.2, -0.15) is 4.31 Å². The minimum atomic E-state index is -3.79. The molecular formula is C14H18FNO4S. The number of rotatable bonds is 2. The molecule has 0 radical (unpaired) electrons. The Balaban J connectivity index is 1.73. The number of hydrogen-bond donors (Lipinski definition) is 0. The van der Waals surface area contributed by atoms with E-state index >= 15 is 0 Å². The molecule has 116 valence electrons. The van der Waals surface area contributed by atoms with Crippen LogP contribution in [0.15, 0.2) is 29.2 Å². The number of sulfonamides is 1. The molecule has 2 saturated heterocycles. The van der Waals surface area contributed by atoms with E-state index in [0.29, 0.717) is 26.3 Å². The molecule has 2 fully saturated rings. The molecule has 21 heavy (non-hydrogen) atoms. The first-order chi connectivity index (χ1) is 9.74. The summed E-state index contributed by atoms with van der Waals surface area (Å²) in [6.07, 6.45) is 0. The average molecular weight is 315 g/mol. The standard InChI is InChI=1S/C14H18FNO4S/c1-13(2)19-9-14(10-20-13)7-16(8-14)21(17,18)12-6-4-3-5-11(12)15/h3-6H,7-10H2,1-2H3. The molecule has 0 atom stereocenters. The number of nitrogens with zero attached hydrogens (tertiary/aromatic N) is 1. The summed E-state index contributed by atoms with van der Waals surface area (Å²) in [5, 5.41) is 0. The highest BCUT2D eigenvalue weighted by molar-refractivity contribution is 7.89. The van der Waals surface area contributed by atoms with Gasteiger partial charge >= 0.3 is 0 Å². The van der Waals surface area contributed by atoms with E-state index < -0.39 is 21.6 Å². The lowest BCUT2D eigenvalue weighted by atomic mass is 9.82. The lowest BCUT2D eigenvalue weighted by Gasteiger charge is -2.53. The van der Waals surface area contributed by atoms with Gasteiger partial charge in [-0.25, -0.2) is 12.8 Å². The Bertz CT molecular complexity index is 641. The SMILES string of the molecule is CC1(C)OCC2(CO1)CN(S(=O)(=O)c1ccccc1F)C2. The third-order valence-electron chi connectivity index (χ3n) is 3.93. The first kappa shape index (κ1) is 14.9. The van der Waals surface area contributed by atoms with Crippen molar-refractivity contribution in [1.29, 1.82) is 0 Å². The normalized spacial score (nSPS) is 24.7. The molecule has 5 nitrogen and oxygen atoms in total. The molecule has 0 unspecified atom stereocenters. The Morgan fingerprint density at radius 2 is 1.71 bits per heavy atom. The molecule has 1 spiro atoms. The molecule has 1 aromatic carbocycles. The van der Waals surface area contributed by atoms with Crippen LogP contribution < -0.4 is 0 Å². The van der Waals surface area contributed by atoms with Gasteiger partial charge < -0.3 is 9.47 Å². The zero-order valence-corrected chi connectivity index (χ0v) is 12.8. The summed E-state index contributed by atoms with van der Waals surface area (Å²) < 4.78 is 50.9. The van der Waals surface area contributed by atoms with Crippen molar-refractivity contribution >= 4 is 10.0 Å². The molecule has 0 aromatic heterocycles. The van der Waals surface area contributed by atoms with Crippen molar-refractivity contribution < 1.29 is 22.3 Å². The zero-order chi connectivity index (χ0) is 15.3. The molecule has 2 heterocycles. The minimum Gasteiger partial charge on any atom is -0.350 e. The molecule has 0 saturated carbocycles. The highest BCUT2D eigenvalue weighted by Gasteiger charge is 2.52. The maximum Gasteiger partial charge on any atom is 0.246 e. The number of halogens is 1. The Labute approximate surface area is 123 Å². The average Bonchev–Trinajstić information content (AvgIpc) is 2.36. The van der Waals surface area contributed by atoms with Gasteiger partial charge in [0.25, 0.3) is 0 Å². The summed E-state index contributed by atoms with van der Waals surface area (Å²) >= 11 is 0. The molecule has 0 bridgehead atoms. The van der Waals surface area contributed by atoms with E-state index in [-0.39, 0.29) is 10.3 Å². The van der Waals surface area contributed by atoms with Crippen LogP contribution in [-0.4, -0.2) is 44.8 Å². The van der Waals surface area contributed by atoms with Gasteiger partial charge in [-0.15, -0.1) is 0 Å². The molecule has 3 rings (SSSR count). The Morgan fingerprint density at radius 1 is 1.14 bits per heavy atom. The quantitative estimate of drug-likeness (QED) is 0.832. The van der Waals surface area contributed by atoms with Gasteiger partial charge in [-0.1, -0.05) is 12.1 Å². The fourth-order valence-electron chi connectivity index (χ4n) is 2.58. The Kier molecular flexibility index (Phi) is 3.36. The molecule has 2 aliphatic rings. The monoisotopic (exact) mass is 315 g/mol. The van der Waals surface area contributed by atoms with Crippen LogP contribution >= 0.6 is 0 Å². The van der Waals surface area contributed by atoms with E-state index in [1.54, 1.807) is 0 Å². The molecule has 0 amide bonds. The summed E-state index contributed by atoms with van der Waals surface area (Å²) in [5.74, 6) is -1.36. The summed E-state index contributed by atoms with van der Waals surface area (Å²) in [6, 6.07) is 5.42. The summed E-state index contributed by atoms with van der Waals surface area (Å²) in [7, 11) is -3.79. The van der Waals surface area contributed by atoms with Crippen LogP contribution in [0, 0.1) is 11.2 Å². The van der Waals surface area contributed by atoms with Crippen molar-refractivity contribution in [1.82, 2.24) is 4.31 Å². The lowest BCUT2D eigenvalue weighted by molar-refractivity contribution is -0.299. The third kappa shape index (κ3) is 2.59. The highest BCUT2D eigenvalue weighted by atomic mass is 32.2. The smallest absolute Gasteiger partial charge is 0.246 e. The molecule has 0 N–H and O–H groups in total. The first-order valence-corrected chi connectivity index (χ1v) is 8.21. The summed E-state index contributed by atoms with van der Waals surface area (Å²) in [5.41, 5.74) is -0.312. The highest BCUT2D eigenvalue weighted by Crippen LogP contribution is 2.40. The fourth-order valence-corrected chi connectivity index (χ4v) is 4.32.